The van der Waals surface area contributed by atoms with E-state index < -0.39 is 39.2 Å². The first-order valence-corrected chi connectivity index (χ1v) is 10.0. The van der Waals surface area contributed by atoms with Gasteiger partial charge >= 0.3 is 5.97 Å². The number of sulfonamides is 1. The number of esters is 1. The van der Waals surface area contributed by atoms with Crippen LogP contribution in [0.2, 0.25) is 0 Å². The standard InChI is InChI=1S/C17H23FN2O6S/c1-3-12(2)19-16(21)11-26-17(22)13-4-5-14(18)15(10-13)27(23,24)20-6-8-25-9-7-20/h4-5,10,12H,3,6-9,11H2,1-2H3,(H,19,21)/t12-/m1/s1. The van der Waals surface area contributed by atoms with Crippen molar-refractivity contribution in [3.63, 3.8) is 0 Å². The lowest BCUT2D eigenvalue weighted by Gasteiger charge is -2.26. The van der Waals surface area contributed by atoms with Gasteiger partial charge in [0.15, 0.2) is 6.61 Å². The number of amides is 1. The number of hydrogen-bond donors (Lipinski definition) is 1. The van der Waals surface area contributed by atoms with E-state index in [1.54, 1.807) is 0 Å². The molecule has 2 rings (SSSR count). The second kappa shape index (κ2) is 9.25. The van der Waals surface area contributed by atoms with Crippen molar-refractivity contribution in [3.05, 3.63) is 29.6 Å². The SMILES string of the molecule is CC[C@@H](C)NC(=O)COC(=O)c1ccc(F)c(S(=O)(=O)N2CCOCC2)c1. The summed E-state index contributed by atoms with van der Waals surface area (Å²) in [7, 11) is -4.11. The summed E-state index contributed by atoms with van der Waals surface area (Å²) < 4.78 is 50.4. The van der Waals surface area contributed by atoms with Gasteiger partial charge in [0.2, 0.25) is 10.0 Å². The van der Waals surface area contributed by atoms with Crippen LogP contribution in [0.25, 0.3) is 0 Å². The Labute approximate surface area is 157 Å². The van der Waals surface area contributed by atoms with Crippen LogP contribution in [0.15, 0.2) is 23.1 Å². The predicted molar refractivity (Wildman–Crippen MR) is 94.2 cm³/mol. The highest BCUT2D eigenvalue weighted by Crippen LogP contribution is 2.22. The van der Waals surface area contributed by atoms with Gasteiger partial charge in [0.1, 0.15) is 10.7 Å². The summed E-state index contributed by atoms with van der Waals surface area (Å²) in [6, 6.07) is 2.87. The molecule has 0 saturated carbocycles. The summed E-state index contributed by atoms with van der Waals surface area (Å²) in [5.74, 6) is -2.35. The number of morpholine rings is 1. The molecule has 1 atom stereocenters. The minimum Gasteiger partial charge on any atom is -0.452 e. The van der Waals surface area contributed by atoms with Gasteiger partial charge in [-0.3, -0.25) is 4.79 Å². The molecule has 1 aliphatic heterocycles. The Morgan fingerprint density at radius 1 is 1.33 bits per heavy atom. The minimum absolute atomic E-state index is 0.0627. The number of rotatable bonds is 7. The molecule has 10 heteroatoms. The maximum atomic E-state index is 14.1. The highest BCUT2D eigenvalue weighted by molar-refractivity contribution is 7.89. The molecule has 0 bridgehead atoms. The van der Waals surface area contributed by atoms with Gasteiger partial charge in [0.05, 0.1) is 18.8 Å². The topological polar surface area (TPSA) is 102 Å². The first-order valence-electron chi connectivity index (χ1n) is 8.59. The van der Waals surface area contributed by atoms with Gasteiger partial charge in [0, 0.05) is 19.1 Å². The lowest BCUT2D eigenvalue weighted by molar-refractivity contribution is -0.124. The van der Waals surface area contributed by atoms with Crippen LogP contribution in [0.4, 0.5) is 4.39 Å². The Kier molecular flexibility index (Phi) is 7.28. The highest BCUT2D eigenvalue weighted by atomic mass is 32.2. The van der Waals surface area contributed by atoms with E-state index in [4.69, 9.17) is 9.47 Å². The molecule has 0 aromatic heterocycles. The molecule has 0 aliphatic carbocycles. The molecule has 1 N–H and O–H groups in total. The van der Waals surface area contributed by atoms with Gasteiger partial charge in [-0.15, -0.1) is 0 Å². The number of nitrogens with zero attached hydrogens (tertiary/aromatic N) is 1. The summed E-state index contributed by atoms with van der Waals surface area (Å²) in [6.07, 6.45) is 0.723. The number of carbonyl (C=O) groups is 2. The highest BCUT2D eigenvalue weighted by Gasteiger charge is 2.30. The lowest BCUT2D eigenvalue weighted by atomic mass is 10.2. The largest absolute Gasteiger partial charge is 0.452 e. The van der Waals surface area contributed by atoms with Gasteiger partial charge in [-0.05, 0) is 31.5 Å². The number of nitrogens with one attached hydrogen (secondary N) is 1. The molecule has 1 fully saturated rings. The summed E-state index contributed by atoms with van der Waals surface area (Å²) in [6.45, 7) is 3.83. The predicted octanol–water partition coefficient (Wildman–Crippen LogP) is 0.918. The Balaban J connectivity index is 2.12. The average Bonchev–Trinajstić information content (AvgIpc) is 2.66. The van der Waals surface area contributed by atoms with Crippen molar-refractivity contribution in [1.82, 2.24) is 9.62 Å². The number of carbonyl (C=O) groups excluding carboxylic acids is 2. The van der Waals surface area contributed by atoms with E-state index in [1.807, 2.05) is 13.8 Å². The fraction of sp³-hybridized carbons (Fsp3) is 0.529. The summed E-state index contributed by atoms with van der Waals surface area (Å²) in [4.78, 5) is 23.2. The molecule has 1 saturated heterocycles. The van der Waals surface area contributed by atoms with Crippen molar-refractivity contribution in [3.8, 4) is 0 Å². The smallest absolute Gasteiger partial charge is 0.338 e. The van der Waals surface area contributed by atoms with Gasteiger partial charge < -0.3 is 14.8 Å². The molecule has 1 aliphatic rings. The molecule has 8 nitrogen and oxygen atoms in total. The van der Waals surface area contributed by atoms with Crippen molar-refractivity contribution in [2.24, 2.45) is 0 Å². The summed E-state index contributed by atoms with van der Waals surface area (Å²) in [5.41, 5.74) is -0.153. The molecule has 0 radical (unpaired) electrons. The first kappa shape index (κ1) is 21.3. The van der Waals surface area contributed by atoms with Crippen LogP contribution in [0.5, 0.6) is 0 Å². The monoisotopic (exact) mass is 402 g/mol. The van der Waals surface area contributed by atoms with Gasteiger partial charge in [-0.2, -0.15) is 4.31 Å². The van der Waals surface area contributed by atoms with Crippen LogP contribution in [-0.2, 0) is 24.3 Å². The number of benzene rings is 1. The van der Waals surface area contributed by atoms with Crippen molar-refractivity contribution in [2.75, 3.05) is 32.9 Å². The second-order valence-electron chi connectivity index (χ2n) is 6.11. The zero-order valence-corrected chi connectivity index (χ0v) is 16.1. The molecule has 27 heavy (non-hydrogen) atoms. The van der Waals surface area contributed by atoms with Crippen molar-refractivity contribution in [1.29, 1.82) is 0 Å². The summed E-state index contributed by atoms with van der Waals surface area (Å²) >= 11 is 0. The Morgan fingerprint density at radius 2 is 2.00 bits per heavy atom. The van der Waals surface area contributed by atoms with Crippen molar-refractivity contribution >= 4 is 21.9 Å². The quantitative estimate of drug-likeness (QED) is 0.681. The molecule has 0 unspecified atom stereocenters. The average molecular weight is 402 g/mol. The maximum Gasteiger partial charge on any atom is 0.338 e. The lowest BCUT2D eigenvalue weighted by Crippen LogP contribution is -2.41. The molecule has 0 spiro atoms. The van der Waals surface area contributed by atoms with Crippen molar-refractivity contribution < 1.29 is 31.9 Å². The van der Waals surface area contributed by atoms with E-state index in [0.29, 0.717) is 0 Å². The van der Waals surface area contributed by atoms with Gasteiger partial charge in [0.25, 0.3) is 5.91 Å². The molecule has 1 amide bonds. The van der Waals surface area contributed by atoms with Crippen LogP contribution < -0.4 is 5.32 Å². The third-order valence-corrected chi connectivity index (χ3v) is 6.02. The van der Waals surface area contributed by atoms with Gasteiger partial charge in [-0.1, -0.05) is 6.92 Å². The van der Waals surface area contributed by atoms with E-state index in [0.717, 1.165) is 28.9 Å². The van der Waals surface area contributed by atoms with Crippen LogP contribution in [0, 0.1) is 5.82 Å². The fourth-order valence-corrected chi connectivity index (χ4v) is 3.89. The minimum atomic E-state index is -4.11. The van der Waals surface area contributed by atoms with E-state index in [2.05, 4.69) is 5.32 Å². The molecular formula is C17H23FN2O6S. The number of ether oxygens (including phenoxy) is 2. The van der Waals surface area contributed by atoms with Crippen LogP contribution in [0.3, 0.4) is 0 Å². The molecule has 1 heterocycles. The fourth-order valence-electron chi connectivity index (χ4n) is 2.39. The van der Waals surface area contributed by atoms with E-state index >= 15 is 0 Å². The molecular weight excluding hydrogens is 379 g/mol. The second-order valence-corrected chi connectivity index (χ2v) is 8.02. The van der Waals surface area contributed by atoms with Crippen LogP contribution in [0.1, 0.15) is 30.6 Å². The van der Waals surface area contributed by atoms with Crippen molar-refractivity contribution in [2.45, 2.75) is 31.2 Å². The maximum absolute atomic E-state index is 14.1. The molecule has 150 valence electrons. The first-order chi connectivity index (χ1) is 12.8. The number of halogens is 1. The molecule has 1 aromatic carbocycles. The van der Waals surface area contributed by atoms with E-state index in [9.17, 15) is 22.4 Å². The Hall–Kier alpha value is -2.04. The van der Waals surface area contributed by atoms with Crippen LogP contribution in [-0.4, -0.2) is 63.6 Å². The number of hydrogen-bond acceptors (Lipinski definition) is 6. The third-order valence-electron chi connectivity index (χ3n) is 4.11. The Bertz CT molecular complexity index is 793. The normalized spacial score (nSPS) is 16.6. The van der Waals surface area contributed by atoms with Gasteiger partial charge in [-0.25, -0.2) is 17.6 Å². The summed E-state index contributed by atoms with van der Waals surface area (Å²) in [5, 5.41) is 2.63. The third kappa shape index (κ3) is 5.47. The zero-order valence-electron chi connectivity index (χ0n) is 15.2. The molecule has 1 aromatic rings. The Morgan fingerprint density at radius 3 is 2.63 bits per heavy atom. The van der Waals surface area contributed by atoms with E-state index in [1.165, 1.54) is 0 Å². The zero-order chi connectivity index (χ0) is 20.0. The van der Waals surface area contributed by atoms with Crippen LogP contribution >= 0.6 is 0 Å². The van der Waals surface area contributed by atoms with E-state index in [-0.39, 0.29) is 37.9 Å².